The second kappa shape index (κ2) is 13.9. The number of amides is 3. The summed E-state index contributed by atoms with van der Waals surface area (Å²) >= 11 is 12.2. The molecule has 3 amide bonds. The number of anilines is 1. The van der Waals surface area contributed by atoms with Gasteiger partial charge in [-0.15, -0.1) is 0 Å². The van der Waals surface area contributed by atoms with Gasteiger partial charge in [0.25, 0.3) is 5.91 Å². The van der Waals surface area contributed by atoms with Crippen molar-refractivity contribution in [3.8, 4) is 0 Å². The molecule has 0 saturated carbocycles. The van der Waals surface area contributed by atoms with Gasteiger partial charge in [0, 0.05) is 37.1 Å². The second-order valence-corrected chi connectivity index (χ2v) is 12.4. The van der Waals surface area contributed by atoms with Gasteiger partial charge in [-0.1, -0.05) is 35.3 Å². The van der Waals surface area contributed by atoms with E-state index in [-0.39, 0.29) is 34.7 Å². The first-order valence-corrected chi connectivity index (χ1v) is 15.0. The van der Waals surface area contributed by atoms with E-state index >= 15 is 0 Å². The molecule has 3 atom stereocenters. The van der Waals surface area contributed by atoms with Crippen molar-refractivity contribution in [2.75, 3.05) is 31.6 Å². The van der Waals surface area contributed by atoms with Crippen LogP contribution in [0.4, 0.5) is 10.5 Å². The zero-order valence-electron chi connectivity index (χ0n) is 24.7. The van der Waals surface area contributed by atoms with E-state index in [1.165, 1.54) is 17.3 Å². The molecular formula is C30H37Cl2N5O6. The molecule has 2 fully saturated rings. The lowest BCUT2D eigenvalue weighted by Crippen LogP contribution is -2.52. The highest BCUT2D eigenvalue weighted by atomic mass is 35.5. The van der Waals surface area contributed by atoms with Crippen LogP contribution in [0, 0.1) is 0 Å². The molecule has 232 valence electrons. The SMILES string of the molecule is CCOC(=O)[C@H](Cc1ccc(NC(=O)c2c(Cl)cncc2Cl)cc1)NC(=O)[C@@H]1C[C@H](N2CCC2)CN1C(=O)OC(C)(C)C. The number of carbonyl (C=O) groups excluding carboxylic acids is 4. The van der Waals surface area contributed by atoms with Gasteiger partial charge in [0.15, 0.2) is 0 Å². The van der Waals surface area contributed by atoms with Gasteiger partial charge in [-0.05, 0) is 71.3 Å². The average molecular weight is 635 g/mol. The van der Waals surface area contributed by atoms with Gasteiger partial charge in [0.05, 0.1) is 22.2 Å². The minimum atomic E-state index is -0.995. The number of hydrogen-bond donors (Lipinski definition) is 2. The van der Waals surface area contributed by atoms with Crippen LogP contribution in [0.15, 0.2) is 36.7 Å². The van der Waals surface area contributed by atoms with Crippen molar-refractivity contribution < 1.29 is 28.7 Å². The van der Waals surface area contributed by atoms with E-state index in [9.17, 15) is 19.2 Å². The molecule has 2 aromatic rings. The number of hydrogen-bond acceptors (Lipinski definition) is 8. The van der Waals surface area contributed by atoms with Gasteiger partial charge in [0.1, 0.15) is 17.7 Å². The number of esters is 1. The lowest BCUT2D eigenvalue weighted by Gasteiger charge is -2.36. The number of halogens is 2. The van der Waals surface area contributed by atoms with Crippen molar-refractivity contribution in [3.63, 3.8) is 0 Å². The summed E-state index contributed by atoms with van der Waals surface area (Å²) in [5, 5.41) is 5.81. The number of ether oxygens (including phenoxy) is 2. The molecule has 0 unspecified atom stereocenters. The molecule has 4 rings (SSSR count). The Morgan fingerprint density at radius 1 is 1.07 bits per heavy atom. The number of rotatable bonds is 9. The summed E-state index contributed by atoms with van der Waals surface area (Å²) in [6.07, 6.45) is 3.77. The van der Waals surface area contributed by atoms with E-state index in [1.54, 1.807) is 52.0 Å². The van der Waals surface area contributed by atoms with Crippen LogP contribution in [0.2, 0.25) is 10.0 Å². The average Bonchev–Trinajstić information content (AvgIpc) is 3.32. The Labute approximate surface area is 261 Å². The maximum Gasteiger partial charge on any atom is 0.411 e. The third-order valence-electron chi connectivity index (χ3n) is 7.24. The molecule has 13 heteroatoms. The minimum Gasteiger partial charge on any atom is -0.464 e. The van der Waals surface area contributed by atoms with Crippen molar-refractivity contribution in [3.05, 3.63) is 57.8 Å². The predicted octanol–water partition coefficient (Wildman–Crippen LogP) is 4.31. The van der Waals surface area contributed by atoms with Gasteiger partial charge in [0.2, 0.25) is 5.91 Å². The van der Waals surface area contributed by atoms with E-state index in [4.69, 9.17) is 32.7 Å². The molecule has 11 nitrogen and oxygen atoms in total. The molecule has 2 aliphatic rings. The number of benzene rings is 1. The van der Waals surface area contributed by atoms with Crippen molar-refractivity contribution in [2.45, 2.75) is 70.7 Å². The van der Waals surface area contributed by atoms with E-state index in [1.807, 2.05) is 0 Å². The van der Waals surface area contributed by atoms with Crippen LogP contribution in [0.25, 0.3) is 0 Å². The summed E-state index contributed by atoms with van der Waals surface area (Å²) in [7, 11) is 0. The molecule has 1 aromatic carbocycles. The first kappa shape index (κ1) is 32.5. The molecule has 1 aromatic heterocycles. The van der Waals surface area contributed by atoms with E-state index in [0.29, 0.717) is 24.2 Å². The quantitative estimate of drug-likeness (QED) is 0.391. The Morgan fingerprint density at radius 2 is 1.72 bits per heavy atom. The molecule has 2 N–H and O–H groups in total. The number of pyridine rings is 1. The van der Waals surface area contributed by atoms with Crippen molar-refractivity contribution in [2.24, 2.45) is 0 Å². The fourth-order valence-electron chi connectivity index (χ4n) is 5.04. The number of carbonyl (C=O) groups is 4. The number of likely N-dealkylation sites (tertiary alicyclic amines) is 2. The van der Waals surface area contributed by atoms with Crippen LogP contribution >= 0.6 is 23.2 Å². The summed E-state index contributed by atoms with van der Waals surface area (Å²) in [5.74, 6) is -1.53. The highest BCUT2D eigenvalue weighted by Crippen LogP contribution is 2.28. The third-order valence-corrected chi connectivity index (χ3v) is 7.81. The molecule has 2 aliphatic heterocycles. The molecule has 43 heavy (non-hydrogen) atoms. The molecule has 2 saturated heterocycles. The molecule has 3 heterocycles. The fourth-order valence-corrected chi connectivity index (χ4v) is 5.58. The van der Waals surface area contributed by atoms with Crippen molar-refractivity contribution >= 4 is 52.8 Å². The Hall–Kier alpha value is -3.41. The van der Waals surface area contributed by atoms with Crippen molar-refractivity contribution in [1.29, 1.82) is 0 Å². The summed E-state index contributed by atoms with van der Waals surface area (Å²) < 4.78 is 10.9. The maximum absolute atomic E-state index is 13.6. The standard InChI is InChI=1S/C30H37Cl2N5O6/c1-5-42-28(40)23(13-18-7-9-19(10-8-18)34-27(39)25-21(31)15-33-16-22(25)32)35-26(38)24-14-20(36-11-6-12-36)17-37(24)29(41)43-30(2,3)4/h7-10,15-16,20,23-24H,5-6,11-14,17H2,1-4H3,(H,34,39)(H,35,38)/t20-,23-,24-/m0/s1. The second-order valence-electron chi connectivity index (χ2n) is 11.6. The molecule has 0 radical (unpaired) electrons. The van der Waals surface area contributed by atoms with E-state index < -0.39 is 41.6 Å². The van der Waals surface area contributed by atoms with Gasteiger partial charge in [-0.25, -0.2) is 9.59 Å². The van der Waals surface area contributed by atoms with Gasteiger partial charge >= 0.3 is 12.1 Å². The first-order valence-electron chi connectivity index (χ1n) is 14.3. The third kappa shape index (κ3) is 8.36. The predicted molar refractivity (Wildman–Crippen MR) is 162 cm³/mol. The normalized spacial score (nSPS) is 19.3. The largest absolute Gasteiger partial charge is 0.464 e. The lowest BCUT2D eigenvalue weighted by molar-refractivity contribution is -0.147. The Bertz CT molecular complexity index is 1330. The fraction of sp³-hybridized carbons (Fsp3) is 0.500. The highest BCUT2D eigenvalue weighted by Gasteiger charge is 2.45. The van der Waals surface area contributed by atoms with Gasteiger partial charge < -0.3 is 20.1 Å². The number of nitrogens with zero attached hydrogens (tertiary/aromatic N) is 3. The smallest absolute Gasteiger partial charge is 0.411 e. The topological polar surface area (TPSA) is 130 Å². The lowest BCUT2D eigenvalue weighted by atomic mass is 10.0. The van der Waals surface area contributed by atoms with Crippen LogP contribution < -0.4 is 10.6 Å². The first-order chi connectivity index (χ1) is 20.4. The monoisotopic (exact) mass is 633 g/mol. The van der Waals surface area contributed by atoms with Crippen LogP contribution in [0.3, 0.4) is 0 Å². The highest BCUT2D eigenvalue weighted by molar-refractivity contribution is 6.40. The molecule has 0 aliphatic carbocycles. The van der Waals surface area contributed by atoms with E-state index in [2.05, 4.69) is 20.5 Å². The minimum absolute atomic E-state index is 0.0396. The number of aromatic nitrogens is 1. The zero-order chi connectivity index (χ0) is 31.3. The Balaban J connectivity index is 1.46. The van der Waals surface area contributed by atoms with E-state index in [0.717, 1.165) is 19.5 Å². The summed E-state index contributed by atoms with van der Waals surface area (Å²) in [4.78, 5) is 59.9. The molecular weight excluding hydrogens is 597 g/mol. The van der Waals surface area contributed by atoms with Crippen LogP contribution in [-0.4, -0.2) is 88.6 Å². The molecule has 0 spiro atoms. The van der Waals surface area contributed by atoms with Gasteiger partial charge in [-0.2, -0.15) is 0 Å². The molecule has 0 bridgehead atoms. The maximum atomic E-state index is 13.6. The van der Waals surface area contributed by atoms with Crippen LogP contribution in [0.5, 0.6) is 0 Å². The summed E-state index contributed by atoms with van der Waals surface area (Å²) in [5.41, 5.74) is 0.579. The van der Waals surface area contributed by atoms with Crippen LogP contribution in [-0.2, 0) is 25.5 Å². The van der Waals surface area contributed by atoms with Crippen molar-refractivity contribution in [1.82, 2.24) is 20.1 Å². The number of nitrogens with one attached hydrogen (secondary N) is 2. The Morgan fingerprint density at radius 3 is 2.28 bits per heavy atom. The summed E-state index contributed by atoms with van der Waals surface area (Å²) in [6, 6.07) is 5.04. The summed E-state index contributed by atoms with van der Waals surface area (Å²) in [6.45, 7) is 9.38. The van der Waals surface area contributed by atoms with Crippen LogP contribution in [0.1, 0.15) is 56.5 Å². The Kier molecular flexibility index (Phi) is 10.5. The van der Waals surface area contributed by atoms with Gasteiger partial charge in [-0.3, -0.25) is 24.4 Å². The zero-order valence-corrected chi connectivity index (χ0v) is 26.2.